The molecule has 0 aliphatic carbocycles. The predicted molar refractivity (Wildman–Crippen MR) is 72.0 cm³/mol. The summed E-state index contributed by atoms with van der Waals surface area (Å²) < 4.78 is 18.4. The summed E-state index contributed by atoms with van der Waals surface area (Å²) in [6.45, 7) is 7.17. The molecule has 0 aliphatic heterocycles. The van der Waals surface area contributed by atoms with Crippen LogP contribution in [0.2, 0.25) is 0 Å². The first-order chi connectivity index (χ1) is 8.90. The molecule has 0 bridgehead atoms. The van der Waals surface area contributed by atoms with Crippen LogP contribution in [0.3, 0.4) is 0 Å². The number of hydrogen-bond donors (Lipinski definition) is 1. The molecule has 0 saturated carbocycles. The zero-order valence-corrected chi connectivity index (χ0v) is 11.4. The molecule has 0 saturated heterocycles. The number of rotatable bonds is 2. The summed E-state index contributed by atoms with van der Waals surface area (Å²) in [6.07, 6.45) is 0. The van der Waals surface area contributed by atoms with Gasteiger partial charge in [-0.3, -0.25) is 4.79 Å². The quantitative estimate of drug-likeness (QED) is 0.890. The number of nitrogens with one attached hydrogen (secondary N) is 1. The second kappa shape index (κ2) is 4.88. The highest BCUT2D eigenvalue weighted by Gasteiger charge is 2.19. The number of carbonyl (C=O) groups excluding carboxylic acids is 1. The second-order valence-electron chi connectivity index (χ2n) is 4.63. The molecule has 1 aromatic heterocycles. The van der Waals surface area contributed by atoms with Gasteiger partial charge in [-0.1, -0.05) is 0 Å². The van der Waals surface area contributed by atoms with Crippen molar-refractivity contribution in [1.82, 2.24) is 0 Å². The molecule has 1 amide bonds. The normalized spacial score (nSPS) is 10.6. The molecule has 0 spiro atoms. The van der Waals surface area contributed by atoms with Gasteiger partial charge < -0.3 is 9.73 Å². The van der Waals surface area contributed by atoms with Gasteiger partial charge in [-0.25, -0.2) is 4.39 Å². The minimum atomic E-state index is -0.318. The lowest BCUT2D eigenvalue weighted by molar-refractivity contribution is 0.102. The average Bonchev–Trinajstić information content (AvgIpc) is 2.57. The van der Waals surface area contributed by atoms with E-state index in [0.717, 1.165) is 11.3 Å². The topological polar surface area (TPSA) is 42.2 Å². The van der Waals surface area contributed by atoms with Crippen molar-refractivity contribution in [3.63, 3.8) is 0 Å². The lowest BCUT2D eigenvalue weighted by Crippen LogP contribution is -2.14. The Morgan fingerprint density at radius 1 is 1.16 bits per heavy atom. The number of hydrogen-bond acceptors (Lipinski definition) is 2. The molecule has 0 atom stereocenters. The number of benzene rings is 1. The SMILES string of the molecule is Cc1cc(F)ccc1NC(=O)c1c(C)oc(C)c1C. The van der Waals surface area contributed by atoms with Gasteiger partial charge in [0.25, 0.3) is 5.91 Å². The van der Waals surface area contributed by atoms with Crippen LogP contribution in [0.4, 0.5) is 10.1 Å². The van der Waals surface area contributed by atoms with Crippen LogP contribution in [0.5, 0.6) is 0 Å². The molecular formula is C15H16FNO2. The lowest BCUT2D eigenvalue weighted by atomic mass is 10.1. The summed E-state index contributed by atoms with van der Waals surface area (Å²) >= 11 is 0. The van der Waals surface area contributed by atoms with Crippen LogP contribution < -0.4 is 5.32 Å². The summed E-state index contributed by atoms with van der Waals surface area (Å²) in [5.41, 5.74) is 2.66. The van der Waals surface area contributed by atoms with Crippen molar-refractivity contribution in [1.29, 1.82) is 0 Å². The van der Waals surface area contributed by atoms with Crippen molar-refractivity contribution in [3.8, 4) is 0 Å². The van der Waals surface area contributed by atoms with E-state index in [1.54, 1.807) is 19.9 Å². The molecule has 2 aromatic rings. The van der Waals surface area contributed by atoms with Crippen molar-refractivity contribution in [2.24, 2.45) is 0 Å². The van der Waals surface area contributed by atoms with Gasteiger partial charge in [0.2, 0.25) is 0 Å². The van der Waals surface area contributed by atoms with E-state index in [1.165, 1.54) is 12.1 Å². The summed E-state index contributed by atoms with van der Waals surface area (Å²) in [5.74, 6) is 0.773. The first-order valence-corrected chi connectivity index (χ1v) is 6.04. The molecule has 3 nitrogen and oxygen atoms in total. The lowest BCUT2D eigenvalue weighted by Gasteiger charge is -2.08. The minimum absolute atomic E-state index is 0.235. The van der Waals surface area contributed by atoms with Crippen molar-refractivity contribution >= 4 is 11.6 Å². The third-order valence-electron chi connectivity index (χ3n) is 3.23. The highest BCUT2D eigenvalue weighted by Crippen LogP contribution is 2.23. The van der Waals surface area contributed by atoms with E-state index in [2.05, 4.69) is 5.32 Å². The number of aryl methyl sites for hydroxylation is 3. The van der Waals surface area contributed by atoms with Gasteiger partial charge in [-0.2, -0.15) is 0 Å². The molecule has 1 aromatic carbocycles. The van der Waals surface area contributed by atoms with E-state index in [4.69, 9.17) is 4.42 Å². The molecule has 0 radical (unpaired) electrons. The highest BCUT2D eigenvalue weighted by atomic mass is 19.1. The molecule has 1 N–H and O–H groups in total. The van der Waals surface area contributed by atoms with Gasteiger partial charge >= 0.3 is 0 Å². The van der Waals surface area contributed by atoms with Crippen molar-refractivity contribution in [3.05, 3.63) is 52.2 Å². The molecule has 4 heteroatoms. The fourth-order valence-corrected chi connectivity index (χ4v) is 2.08. The van der Waals surface area contributed by atoms with Gasteiger partial charge in [0, 0.05) is 11.3 Å². The molecule has 0 unspecified atom stereocenters. The van der Waals surface area contributed by atoms with E-state index in [-0.39, 0.29) is 11.7 Å². The maximum atomic E-state index is 13.0. The molecular weight excluding hydrogens is 245 g/mol. The fraction of sp³-hybridized carbons (Fsp3) is 0.267. The van der Waals surface area contributed by atoms with Crippen molar-refractivity contribution < 1.29 is 13.6 Å². The number of amides is 1. The van der Waals surface area contributed by atoms with Crippen LogP contribution in [0, 0.1) is 33.5 Å². The Labute approximate surface area is 111 Å². The molecule has 2 rings (SSSR count). The van der Waals surface area contributed by atoms with Gasteiger partial charge in [0.05, 0.1) is 5.56 Å². The Balaban J connectivity index is 2.31. The highest BCUT2D eigenvalue weighted by molar-refractivity contribution is 6.06. The molecule has 0 aliphatic rings. The van der Waals surface area contributed by atoms with E-state index in [9.17, 15) is 9.18 Å². The molecule has 100 valence electrons. The van der Waals surface area contributed by atoms with E-state index in [0.29, 0.717) is 22.6 Å². The van der Waals surface area contributed by atoms with Crippen LogP contribution in [-0.4, -0.2) is 5.91 Å². The third-order valence-corrected chi connectivity index (χ3v) is 3.23. The van der Waals surface area contributed by atoms with Gasteiger partial charge in [0.1, 0.15) is 17.3 Å². The van der Waals surface area contributed by atoms with Crippen molar-refractivity contribution in [2.45, 2.75) is 27.7 Å². The summed E-state index contributed by atoms with van der Waals surface area (Å²) in [5, 5.41) is 2.78. The number of carbonyl (C=O) groups is 1. The standard InChI is InChI=1S/C15H16FNO2/c1-8-7-12(16)5-6-13(8)17-15(18)14-9(2)10(3)19-11(14)4/h5-7H,1-4H3,(H,17,18). The monoisotopic (exact) mass is 261 g/mol. The minimum Gasteiger partial charge on any atom is -0.466 e. The smallest absolute Gasteiger partial charge is 0.259 e. The van der Waals surface area contributed by atoms with Crippen LogP contribution in [0.1, 0.15) is 33.0 Å². The summed E-state index contributed by atoms with van der Waals surface area (Å²) in [6, 6.07) is 4.26. The Morgan fingerprint density at radius 3 is 2.37 bits per heavy atom. The molecule has 19 heavy (non-hydrogen) atoms. The van der Waals surface area contributed by atoms with E-state index < -0.39 is 0 Å². The number of furan rings is 1. The third kappa shape index (κ3) is 2.52. The van der Waals surface area contributed by atoms with Gasteiger partial charge in [0.15, 0.2) is 0 Å². The van der Waals surface area contributed by atoms with Crippen LogP contribution >= 0.6 is 0 Å². The van der Waals surface area contributed by atoms with Crippen LogP contribution in [0.25, 0.3) is 0 Å². The second-order valence-corrected chi connectivity index (χ2v) is 4.63. The Kier molecular flexibility index (Phi) is 3.42. The van der Waals surface area contributed by atoms with E-state index in [1.807, 2.05) is 13.8 Å². The number of anilines is 1. The summed E-state index contributed by atoms with van der Waals surface area (Å²) in [7, 11) is 0. The fourth-order valence-electron chi connectivity index (χ4n) is 2.08. The molecule has 0 fully saturated rings. The Morgan fingerprint density at radius 2 is 1.84 bits per heavy atom. The summed E-state index contributed by atoms with van der Waals surface area (Å²) in [4.78, 5) is 12.2. The zero-order valence-electron chi connectivity index (χ0n) is 11.4. The first kappa shape index (κ1) is 13.3. The predicted octanol–water partition coefficient (Wildman–Crippen LogP) is 3.90. The Bertz CT molecular complexity index is 644. The average molecular weight is 261 g/mol. The largest absolute Gasteiger partial charge is 0.466 e. The van der Waals surface area contributed by atoms with Crippen LogP contribution in [0.15, 0.2) is 22.6 Å². The van der Waals surface area contributed by atoms with Crippen molar-refractivity contribution in [2.75, 3.05) is 5.32 Å². The van der Waals surface area contributed by atoms with Crippen LogP contribution in [-0.2, 0) is 0 Å². The first-order valence-electron chi connectivity index (χ1n) is 6.04. The van der Waals surface area contributed by atoms with E-state index >= 15 is 0 Å². The van der Waals surface area contributed by atoms with Gasteiger partial charge in [-0.05, 0) is 51.5 Å². The maximum absolute atomic E-state index is 13.0. The Hall–Kier alpha value is -2.10. The number of halogens is 1. The zero-order chi connectivity index (χ0) is 14.2. The maximum Gasteiger partial charge on any atom is 0.259 e. The molecule has 1 heterocycles. The van der Waals surface area contributed by atoms with Gasteiger partial charge in [-0.15, -0.1) is 0 Å².